The molecule has 0 saturated heterocycles. The van der Waals surface area contributed by atoms with E-state index in [1.54, 1.807) is 31.3 Å². The smallest absolute Gasteiger partial charge is 0.254 e. The van der Waals surface area contributed by atoms with Crippen LogP contribution in [-0.2, 0) is 13.2 Å². The van der Waals surface area contributed by atoms with Gasteiger partial charge in [-0.15, -0.1) is 0 Å². The van der Waals surface area contributed by atoms with Gasteiger partial charge in [0.2, 0.25) is 11.7 Å². The molecule has 0 aliphatic carbocycles. The van der Waals surface area contributed by atoms with E-state index in [1.165, 1.54) is 4.90 Å². The summed E-state index contributed by atoms with van der Waals surface area (Å²) in [6.07, 6.45) is 0. The summed E-state index contributed by atoms with van der Waals surface area (Å²) in [6, 6.07) is 24.1. The molecule has 0 radical (unpaired) electrons. The van der Waals surface area contributed by atoms with Crippen molar-refractivity contribution in [3.05, 3.63) is 101 Å². The summed E-state index contributed by atoms with van der Waals surface area (Å²) in [5, 5.41) is 4.63. The van der Waals surface area contributed by atoms with Crippen LogP contribution in [0.25, 0.3) is 11.4 Å². The molecule has 1 aromatic heterocycles. The van der Waals surface area contributed by atoms with Crippen molar-refractivity contribution in [1.82, 2.24) is 15.0 Å². The van der Waals surface area contributed by atoms with Crippen LogP contribution in [-0.4, -0.2) is 28.0 Å². The number of carbonyl (C=O) groups excluding carboxylic acids is 1. The van der Waals surface area contributed by atoms with E-state index >= 15 is 0 Å². The minimum atomic E-state index is -0.178. The summed E-state index contributed by atoms with van der Waals surface area (Å²) >= 11 is 6.17. The van der Waals surface area contributed by atoms with Crippen molar-refractivity contribution >= 4 is 17.5 Å². The van der Waals surface area contributed by atoms with Crippen LogP contribution in [0.5, 0.6) is 5.75 Å². The number of benzene rings is 3. The fraction of sp³-hybridized carbons (Fsp3) is 0.125. The zero-order valence-electron chi connectivity index (χ0n) is 16.9. The number of hydrogen-bond acceptors (Lipinski definition) is 5. The lowest BCUT2D eigenvalue weighted by molar-refractivity contribution is 0.0769. The largest absolute Gasteiger partial charge is 0.489 e. The predicted molar refractivity (Wildman–Crippen MR) is 118 cm³/mol. The van der Waals surface area contributed by atoms with E-state index in [2.05, 4.69) is 10.1 Å². The second-order valence-electron chi connectivity index (χ2n) is 6.95. The standard InChI is InChI=1S/C24H20ClN3O3/c1-28(15-22-26-23(27-31-22)17-8-3-2-4-9-17)24(29)18-11-7-12-20(14-18)30-16-19-10-5-6-13-21(19)25/h2-14H,15-16H2,1H3. The molecule has 156 valence electrons. The lowest BCUT2D eigenvalue weighted by atomic mass is 10.2. The maximum atomic E-state index is 12.9. The third kappa shape index (κ3) is 5.10. The monoisotopic (exact) mass is 433 g/mol. The Morgan fingerprint density at radius 2 is 1.81 bits per heavy atom. The Morgan fingerprint density at radius 3 is 2.61 bits per heavy atom. The Balaban J connectivity index is 1.40. The Hall–Kier alpha value is -3.64. The van der Waals surface area contributed by atoms with Gasteiger partial charge in [0.25, 0.3) is 5.91 Å². The molecule has 0 spiro atoms. The highest BCUT2D eigenvalue weighted by atomic mass is 35.5. The van der Waals surface area contributed by atoms with Crippen molar-refractivity contribution < 1.29 is 14.1 Å². The highest BCUT2D eigenvalue weighted by Crippen LogP contribution is 2.21. The Morgan fingerprint density at radius 1 is 1.03 bits per heavy atom. The molecule has 0 fully saturated rings. The number of nitrogens with zero attached hydrogens (tertiary/aromatic N) is 3. The molecule has 0 bridgehead atoms. The molecule has 0 saturated carbocycles. The highest BCUT2D eigenvalue weighted by Gasteiger charge is 2.17. The minimum absolute atomic E-state index is 0.178. The van der Waals surface area contributed by atoms with Gasteiger partial charge in [-0.05, 0) is 24.3 Å². The van der Waals surface area contributed by atoms with Crippen molar-refractivity contribution in [2.24, 2.45) is 0 Å². The molecule has 1 amide bonds. The van der Waals surface area contributed by atoms with Gasteiger partial charge in [0.15, 0.2) is 0 Å². The maximum Gasteiger partial charge on any atom is 0.254 e. The Bertz CT molecular complexity index is 1180. The lowest BCUT2D eigenvalue weighted by Gasteiger charge is -2.15. The summed E-state index contributed by atoms with van der Waals surface area (Å²) < 4.78 is 11.1. The van der Waals surface area contributed by atoms with Gasteiger partial charge in [-0.25, -0.2) is 0 Å². The van der Waals surface area contributed by atoms with E-state index in [9.17, 15) is 4.79 Å². The topological polar surface area (TPSA) is 68.5 Å². The molecule has 0 atom stereocenters. The van der Waals surface area contributed by atoms with Crippen LogP contribution in [0.15, 0.2) is 83.4 Å². The summed E-state index contributed by atoms with van der Waals surface area (Å²) in [5.74, 6) is 1.26. The molecule has 31 heavy (non-hydrogen) atoms. The van der Waals surface area contributed by atoms with Crippen LogP contribution in [0, 0.1) is 0 Å². The van der Waals surface area contributed by atoms with Gasteiger partial charge in [-0.3, -0.25) is 4.79 Å². The number of carbonyl (C=O) groups is 1. The Labute approximate surface area is 185 Å². The highest BCUT2D eigenvalue weighted by molar-refractivity contribution is 6.31. The van der Waals surface area contributed by atoms with Gasteiger partial charge in [0.05, 0.1) is 6.54 Å². The zero-order chi connectivity index (χ0) is 21.6. The van der Waals surface area contributed by atoms with Crippen LogP contribution in [0.3, 0.4) is 0 Å². The van der Waals surface area contributed by atoms with Crippen LogP contribution in [0.1, 0.15) is 21.8 Å². The van der Waals surface area contributed by atoms with E-state index in [1.807, 2.05) is 54.6 Å². The fourth-order valence-electron chi connectivity index (χ4n) is 3.01. The molecule has 7 heteroatoms. The lowest BCUT2D eigenvalue weighted by Crippen LogP contribution is -2.26. The van der Waals surface area contributed by atoms with Crippen molar-refractivity contribution in [3.63, 3.8) is 0 Å². The fourth-order valence-corrected chi connectivity index (χ4v) is 3.20. The third-order valence-electron chi connectivity index (χ3n) is 4.65. The first-order valence-corrected chi connectivity index (χ1v) is 10.1. The molecular formula is C24H20ClN3O3. The van der Waals surface area contributed by atoms with Gasteiger partial charge in [-0.2, -0.15) is 4.98 Å². The third-order valence-corrected chi connectivity index (χ3v) is 5.02. The summed E-state index contributed by atoms with van der Waals surface area (Å²) in [4.78, 5) is 18.8. The van der Waals surface area contributed by atoms with E-state index in [-0.39, 0.29) is 12.5 Å². The van der Waals surface area contributed by atoms with Gasteiger partial charge in [0, 0.05) is 28.8 Å². The molecule has 6 nitrogen and oxygen atoms in total. The number of halogens is 1. The number of ether oxygens (including phenoxy) is 1. The molecule has 0 aliphatic rings. The molecule has 0 unspecified atom stereocenters. The quantitative estimate of drug-likeness (QED) is 0.398. The average Bonchev–Trinajstić information content (AvgIpc) is 3.27. The van der Waals surface area contributed by atoms with Gasteiger partial charge < -0.3 is 14.2 Å². The van der Waals surface area contributed by atoms with Crippen LogP contribution in [0.4, 0.5) is 0 Å². The second kappa shape index (κ2) is 9.45. The molecule has 1 heterocycles. The second-order valence-corrected chi connectivity index (χ2v) is 7.35. The van der Waals surface area contributed by atoms with Crippen LogP contribution < -0.4 is 4.74 Å². The molecule has 4 aromatic rings. The van der Waals surface area contributed by atoms with Crippen molar-refractivity contribution in [3.8, 4) is 17.1 Å². The molecule has 0 N–H and O–H groups in total. The number of aromatic nitrogens is 2. The van der Waals surface area contributed by atoms with E-state index in [0.717, 1.165) is 11.1 Å². The first-order chi connectivity index (χ1) is 15.1. The SMILES string of the molecule is CN(Cc1nc(-c2ccccc2)no1)C(=O)c1cccc(OCc2ccccc2Cl)c1. The number of amides is 1. The van der Waals surface area contributed by atoms with Crippen molar-refractivity contribution in [2.45, 2.75) is 13.2 Å². The minimum Gasteiger partial charge on any atom is -0.489 e. The maximum absolute atomic E-state index is 12.9. The predicted octanol–water partition coefficient (Wildman–Crippen LogP) is 5.24. The summed E-state index contributed by atoms with van der Waals surface area (Å²) in [7, 11) is 1.69. The Kier molecular flexibility index (Phi) is 6.29. The van der Waals surface area contributed by atoms with Gasteiger partial charge in [0.1, 0.15) is 12.4 Å². The van der Waals surface area contributed by atoms with E-state index in [4.69, 9.17) is 20.9 Å². The van der Waals surface area contributed by atoms with E-state index < -0.39 is 0 Å². The molecular weight excluding hydrogens is 414 g/mol. The summed E-state index contributed by atoms with van der Waals surface area (Å²) in [6.45, 7) is 0.515. The normalized spacial score (nSPS) is 10.6. The first kappa shape index (κ1) is 20.6. The summed E-state index contributed by atoms with van der Waals surface area (Å²) in [5.41, 5.74) is 2.24. The van der Waals surface area contributed by atoms with Gasteiger partial charge in [-0.1, -0.05) is 71.4 Å². The number of hydrogen-bond donors (Lipinski definition) is 0. The van der Waals surface area contributed by atoms with Crippen LogP contribution >= 0.6 is 11.6 Å². The molecule has 4 rings (SSSR count). The van der Waals surface area contributed by atoms with Crippen molar-refractivity contribution in [1.29, 1.82) is 0 Å². The van der Waals surface area contributed by atoms with Crippen LogP contribution in [0.2, 0.25) is 5.02 Å². The molecule has 3 aromatic carbocycles. The zero-order valence-corrected chi connectivity index (χ0v) is 17.6. The number of rotatable bonds is 7. The van der Waals surface area contributed by atoms with Gasteiger partial charge >= 0.3 is 0 Å². The van der Waals surface area contributed by atoms with Crippen molar-refractivity contribution in [2.75, 3.05) is 7.05 Å². The first-order valence-electron chi connectivity index (χ1n) is 9.70. The van der Waals surface area contributed by atoms with E-state index in [0.29, 0.717) is 34.7 Å². The average molecular weight is 434 g/mol. The molecule has 0 aliphatic heterocycles.